The number of carbonyl (C=O) groups is 4. The summed E-state index contributed by atoms with van der Waals surface area (Å²) in [4.78, 5) is 98.1. The Morgan fingerprint density at radius 3 is 2.57 bits per heavy atom. The smallest absolute Gasteiger partial charge is 0.469 e. The predicted molar refractivity (Wildman–Crippen MR) is 181 cm³/mol. The van der Waals surface area contributed by atoms with E-state index in [2.05, 4.69) is 20.0 Å². The van der Waals surface area contributed by atoms with Gasteiger partial charge in [0.25, 0.3) is 11.8 Å². The molecule has 6 rings (SSSR count). The van der Waals surface area contributed by atoms with Crippen LogP contribution in [-0.2, 0) is 27.1 Å². The summed E-state index contributed by atoms with van der Waals surface area (Å²) in [7, 11) is -4.01. The maximum Gasteiger partial charge on any atom is 0.469 e. The van der Waals surface area contributed by atoms with Crippen molar-refractivity contribution in [1.29, 1.82) is 0 Å². The number of rotatable bonds is 9. The van der Waals surface area contributed by atoms with Gasteiger partial charge in [0.1, 0.15) is 23.0 Å². The van der Waals surface area contributed by atoms with E-state index in [9.17, 15) is 52.2 Å². The number of carbonyl (C=O) groups excluding carboxylic acids is 3. The van der Waals surface area contributed by atoms with E-state index in [1.165, 1.54) is 9.47 Å². The highest BCUT2D eigenvalue weighted by Crippen LogP contribution is 2.46. The third kappa shape index (κ3) is 7.32. The molecule has 3 aliphatic heterocycles. The summed E-state index contributed by atoms with van der Waals surface area (Å²) in [5.74, 6) is -6.30. The minimum absolute atomic E-state index is 0.0661. The second kappa shape index (κ2) is 14.3. The maximum atomic E-state index is 14.4. The summed E-state index contributed by atoms with van der Waals surface area (Å²) in [6.07, 6.45) is 1.81. The van der Waals surface area contributed by atoms with Crippen molar-refractivity contribution in [2.24, 2.45) is 5.16 Å². The summed E-state index contributed by atoms with van der Waals surface area (Å²) in [6, 6.07) is 2.51. The monoisotopic (exact) mass is 774 g/mol. The van der Waals surface area contributed by atoms with Gasteiger partial charge < -0.3 is 39.3 Å². The number of nitrogens with one attached hydrogen (secondary N) is 1. The number of carboxylic acid groups (broad SMARTS) is 1. The number of pyridine rings is 2. The minimum Gasteiger partial charge on any atom is -0.478 e. The molecule has 0 radical (unpaired) electrons. The van der Waals surface area contributed by atoms with Gasteiger partial charge in [-0.25, -0.2) is 27.9 Å². The van der Waals surface area contributed by atoms with Gasteiger partial charge in [-0.3, -0.25) is 23.8 Å². The van der Waals surface area contributed by atoms with Gasteiger partial charge in [0.05, 0.1) is 23.9 Å². The number of aromatic nitrogens is 2. The molecule has 1 aromatic carbocycles. The van der Waals surface area contributed by atoms with Crippen molar-refractivity contribution in [1.82, 2.24) is 19.8 Å². The van der Waals surface area contributed by atoms with Crippen LogP contribution in [0.25, 0.3) is 0 Å². The fourth-order valence-electron chi connectivity index (χ4n) is 6.73. The summed E-state index contributed by atoms with van der Waals surface area (Å²) in [5.41, 5.74) is -3.42. The van der Waals surface area contributed by atoms with E-state index in [4.69, 9.17) is 9.57 Å². The summed E-state index contributed by atoms with van der Waals surface area (Å²) in [5, 5.41) is 16.0. The van der Waals surface area contributed by atoms with Crippen molar-refractivity contribution in [2.75, 3.05) is 18.5 Å². The van der Waals surface area contributed by atoms with Crippen LogP contribution in [0.15, 0.2) is 46.6 Å². The third-order valence-corrected chi connectivity index (χ3v) is 9.95. The van der Waals surface area contributed by atoms with Crippen molar-refractivity contribution in [2.45, 2.75) is 63.9 Å². The number of amides is 3. The van der Waals surface area contributed by atoms with Gasteiger partial charge >= 0.3 is 19.9 Å². The molecular weight excluding hydrogens is 741 g/mol. The van der Waals surface area contributed by atoms with Crippen LogP contribution in [0.4, 0.5) is 19.4 Å². The van der Waals surface area contributed by atoms with Crippen LogP contribution in [0.3, 0.4) is 0 Å². The first-order chi connectivity index (χ1) is 25.4. The van der Waals surface area contributed by atoms with E-state index in [1.807, 2.05) is 0 Å². The van der Waals surface area contributed by atoms with Gasteiger partial charge in [0.2, 0.25) is 11.2 Å². The van der Waals surface area contributed by atoms with Crippen molar-refractivity contribution in [3.05, 3.63) is 86.5 Å². The predicted octanol–water partition coefficient (Wildman–Crippen LogP) is 3.11. The number of hydrogen-bond donors (Lipinski definition) is 4. The molecule has 21 heteroatoms. The molecular formula is C33H33F2N6O12P. The Morgan fingerprint density at radius 1 is 1.19 bits per heavy atom. The number of halogens is 2. The molecule has 1 saturated heterocycles. The van der Waals surface area contributed by atoms with Crippen molar-refractivity contribution in [3.63, 3.8) is 0 Å². The van der Waals surface area contributed by atoms with Crippen LogP contribution in [0.1, 0.15) is 81.5 Å². The maximum absolute atomic E-state index is 14.4. The summed E-state index contributed by atoms with van der Waals surface area (Å²) < 4.78 is 50.8. The lowest BCUT2D eigenvalue weighted by molar-refractivity contribution is -0.0655. The number of carboxylic acids is 1. The first-order valence-electron chi connectivity index (χ1n) is 16.3. The van der Waals surface area contributed by atoms with Crippen LogP contribution < -0.4 is 20.4 Å². The second-order valence-corrected chi connectivity index (χ2v) is 14.3. The number of fused-ring (bicyclic) bond motifs is 5. The molecule has 54 heavy (non-hydrogen) atoms. The largest absolute Gasteiger partial charge is 0.478 e. The van der Waals surface area contributed by atoms with E-state index in [1.54, 1.807) is 13.8 Å². The standard InChI is InChI=1S/C33H33F2N6O12P/c1-16-10-33(53-38-16)7-6-17(2)40-14-24(33)41-13-22(29(43)37-11-18-4-5-21(34)9-23(18)35)26(42)27(25(41)30(40)44)52-32(47)39(3)28-20(15-51-54(48,49)50)8-19(12-36-28)31(45)46/h4-5,8-9,12-13,17,24H,6-7,10-11,14-15H2,1-3H3,(H,37,43)(H,45,46)(H2,48,49,50)/t17-,24+,33-/m0/s1. The van der Waals surface area contributed by atoms with E-state index >= 15 is 0 Å². The first-order valence-corrected chi connectivity index (χ1v) is 17.8. The van der Waals surface area contributed by atoms with Gasteiger partial charge in [0.15, 0.2) is 11.3 Å². The van der Waals surface area contributed by atoms with Crippen molar-refractivity contribution >= 4 is 43.2 Å². The number of nitrogens with zero attached hydrogens (tertiary/aromatic N) is 5. The third-order valence-electron chi connectivity index (χ3n) is 9.48. The zero-order valence-corrected chi connectivity index (χ0v) is 29.7. The number of ether oxygens (including phenoxy) is 1. The van der Waals surface area contributed by atoms with Crippen LogP contribution in [0.5, 0.6) is 5.75 Å². The second-order valence-electron chi connectivity index (χ2n) is 13.1. The average molecular weight is 775 g/mol. The van der Waals surface area contributed by atoms with Gasteiger partial charge in [-0.1, -0.05) is 11.2 Å². The Bertz CT molecular complexity index is 2230. The molecule has 0 unspecified atom stereocenters. The molecule has 5 heterocycles. The van der Waals surface area contributed by atoms with Gasteiger partial charge in [-0.05, 0) is 38.8 Å². The molecule has 3 atom stereocenters. The lowest BCUT2D eigenvalue weighted by Crippen LogP contribution is -2.52. The van der Waals surface area contributed by atoms with Crippen LogP contribution in [-0.4, -0.2) is 84.2 Å². The van der Waals surface area contributed by atoms with E-state index in [0.29, 0.717) is 35.9 Å². The Morgan fingerprint density at radius 2 is 1.93 bits per heavy atom. The molecule has 4 N–H and O–H groups in total. The topological polar surface area (TPSA) is 239 Å². The zero-order chi connectivity index (χ0) is 39.3. The van der Waals surface area contributed by atoms with Crippen LogP contribution in [0.2, 0.25) is 0 Å². The van der Waals surface area contributed by atoms with Gasteiger partial charge in [-0.15, -0.1) is 0 Å². The molecule has 3 amide bonds. The molecule has 3 aliphatic rings. The van der Waals surface area contributed by atoms with Gasteiger partial charge in [-0.2, -0.15) is 0 Å². The zero-order valence-electron chi connectivity index (χ0n) is 28.8. The quantitative estimate of drug-likeness (QED) is 0.229. The summed E-state index contributed by atoms with van der Waals surface area (Å²) in [6.45, 7) is 2.23. The van der Waals surface area contributed by atoms with Gasteiger partial charge in [0, 0.05) is 62.2 Å². The number of oxime groups is 1. The highest BCUT2D eigenvalue weighted by molar-refractivity contribution is 7.46. The number of phosphoric acid groups is 1. The highest BCUT2D eigenvalue weighted by Gasteiger charge is 2.54. The highest BCUT2D eigenvalue weighted by atomic mass is 31.2. The van der Waals surface area contributed by atoms with E-state index in [0.717, 1.165) is 37.6 Å². The SMILES string of the molecule is CC1=NO[C@@]2(CC[C@H](C)N3C[C@H]2n2cc(C(=O)NCc4ccc(F)cc4F)c(=O)c(OC(=O)N(C)c4ncc(C(=O)O)cc4COP(=O)(O)O)c2C3=O)C1. The molecule has 18 nitrogen and oxygen atoms in total. The number of phosphoric ester groups is 1. The summed E-state index contributed by atoms with van der Waals surface area (Å²) >= 11 is 0. The number of aromatic carboxylic acids is 1. The molecule has 1 fully saturated rings. The fourth-order valence-corrected chi connectivity index (χ4v) is 7.03. The number of anilines is 1. The normalized spacial score (nSPS) is 20.5. The Kier molecular flexibility index (Phi) is 10.1. The minimum atomic E-state index is -5.09. The van der Waals surface area contributed by atoms with Crippen LogP contribution >= 0.6 is 7.82 Å². The molecule has 3 aromatic rings. The van der Waals surface area contributed by atoms with Crippen molar-refractivity contribution in [3.8, 4) is 5.75 Å². The first kappa shape index (κ1) is 38.2. The Balaban J connectivity index is 1.45. The molecule has 0 saturated carbocycles. The lowest BCUT2D eigenvalue weighted by Gasteiger charge is -2.42. The molecule has 2 bridgehead atoms. The molecule has 0 aliphatic carbocycles. The van der Waals surface area contributed by atoms with Crippen molar-refractivity contribution < 1.29 is 61.5 Å². The number of hydrogen-bond acceptors (Lipinski definition) is 11. The Labute approximate surface area is 304 Å². The van der Waals surface area contributed by atoms with E-state index < -0.39 is 102 Å². The van der Waals surface area contributed by atoms with E-state index in [-0.39, 0.29) is 23.7 Å². The average Bonchev–Trinajstić information content (AvgIpc) is 3.44. The lowest BCUT2D eigenvalue weighted by atomic mass is 9.84. The fraction of sp³-hybridized carbons (Fsp3) is 0.364. The Hall–Kier alpha value is -5.56. The number of benzene rings is 1. The molecule has 286 valence electrons. The molecule has 2 aromatic heterocycles. The van der Waals surface area contributed by atoms with Crippen LogP contribution in [0, 0.1) is 11.6 Å². The molecule has 1 spiro atoms.